The summed E-state index contributed by atoms with van der Waals surface area (Å²) in [4.78, 5) is 13.1. The van der Waals surface area contributed by atoms with E-state index >= 15 is 0 Å². The molecule has 0 saturated carbocycles. The van der Waals surface area contributed by atoms with Crippen molar-refractivity contribution in [1.82, 2.24) is 0 Å². The van der Waals surface area contributed by atoms with Crippen LogP contribution in [0.15, 0.2) is 65.6 Å². The fourth-order valence-electron chi connectivity index (χ4n) is 2.94. The smallest absolute Gasteiger partial charge is 0.261 e. The van der Waals surface area contributed by atoms with E-state index in [0.29, 0.717) is 39.0 Å². The van der Waals surface area contributed by atoms with E-state index in [1.54, 1.807) is 49.4 Å². The number of hydrogen-bond acceptors (Lipinski definition) is 5. The van der Waals surface area contributed by atoms with Gasteiger partial charge >= 0.3 is 0 Å². The standard InChI is InChI=1S/C22H21ClN2O5S/c1-14-16(22(26)24-19-13-20(29-2)17(23)12-21(19)30-3)10-7-11-18(14)25-31(27,28)15-8-5-4-6-9-15/h4-13,25H,1-3H3,(H,24,26). The molecule has 0 aliphatic carbocycles. The van der Waals surface area contributed by atoms with E-state index < -0.39 is 15.9 Å². The number of halogens is 1. The van der Waals surface area contributed by atoms with Gasteiger partial charge in [-0.1, -0.05) is 35.9 Å². The number of amides is 1. The molecule has 0 fully saturated rings. The Morgan fingerprint density at radius 2 is 1.58 bits per heavy atom. The van der Waals surface area contributed by atoms with Crippen LogP contribution in [0.4, 0.5) is 11.4 Å². The molecule has 0 unspecified atom stereocenters. The Bertz CT molecular complexity index is 1210. The zero-order valence-electron chi connectivity index (χ0n) is 17.1. The Labute approximate surface area is 186 Å². The maximum atomic E-state index is 13.0. The predicted molar refractivity (Wildman–Crippen MR) is 121 cm³/mol. The van der Waals surface area contributed by atoms with Crippen LogP contribution in [0.25, 0.3) is 0 Å². The fourth-order valence-corrected chi connectivity index (χ4v) is 4.32. The Kier molecular flexibility index (Phi) is 6.72. The predicted octanol–water partition coefficient (Wildman–Crippen LogP) is 4.72. The Balaban J connectivity index is 1.91. The number of benzene rings is 3. The summed E-state index contributed by atoms with van der Waals surface area (Å²) in [5.74, 6) is 0.289. The van der Waals surface area contributed by atoms with Crippen molar-refractivity contribution >= 4 is 38.9 Å². The fraction of sp³-hybridized carbons (Fsp3) is 0.136. The van der Waals surface area contributed by atoms with E-state index in [9.17, 15) is 13.2 Å². The number of nitrogens with one attached hydrogen (secondary N) is 2. The third-order valence-electron chi connectivity index (χ3n) is 4.60. The molecule has 7 nitrogen and oxygen atoms in total. The average Bonchev–Trinajstić information content (AvgIpc) is 2.76. The number of methoxy groups -OCH3 is 2. The van der Waals surface area contributed by atoms with E-state index in [1.165, 1.54) is 32.4 Å². The zero-order valence-corrected chi connectivity index (χ0v) is 18.7. The van der Waals surface area contributed by atoms with Gasteiger partial charge in [-0.25, -0.2) is 8.42 Å². The summed E-state index contributed by atoms with van der Waals surface area (Å²) >= 11 is 6.11. The summed E-state index contributed by atoms with van der Waals surface area (Å²) in [5.41, 5.74) is 1.43. The molecular weight excluding hydrogens is 440 g/mol. The summed E-state index contributed by atoms with van der Waals surface area (Å²) in [6.45, 7) is 1.66. The van der Waals surface area contributed by atoms with E-state index in [-0.39, 0.29) is 4.90 Å². The first-order chi connectivity index (χ1) is 14.8. The summed E-state index contributed by atoms with van der Waals surface area (Å²) in [7, 11) is -0.874. The van der Waals surface area contributed by atoms with Crippen LogP contribution in [0, 0.1) is 6.92 Å². The van der Waals surface area contributed by atoms with Gasteiger partial charge in [0.15, 0.2) is 0 Å². The van der Waals surface area contributed by atoms with Crippen LogP contribution in [0.3, 0.4) is 0 Å². The lowest BCUT2D eigenvalue weighted by molar-refractivity contribution is 0.102. The molecule has 0 atom stereocenters. The quantitative estimate of drug-likeness (QED) is 0.532. The normalized spacial score (nSPS) is 11.0. The van der Waals surface area contributed by atoms with Gasteiger partial charge in [0.1, 0.15) is 11.5 Å². The Hall–Kier alpha value is -3.23. The molecule has 0 saturated heterocycles. The maximum absolute atomic E-state index is 13.0. The SMILES string of the molecule is COc1cc(NC(=O)c2cccc(NS(=O)(=O)c3ccccc3)c2C)c(OC)cc1Cl. The molecule has 31 heavy (non-hydrogen) atoms. The molecule has 3 rings (SSSR count). The lowest BCUT2D eigenvalue weighted by Gasteiger charge is -2.16. The van der Waals surface area contributed by atoms with Gasteiger partial charge in [-0.15, -0.1) is 0 Å². The van der Waals surface area contributed by atoms with Crippen molar-refractivity contribution < 1.29 is 22.7 Å². The van der Waals surface area contributed by atoms with Gasteiger partial charge in [-0.05, 0) is 36.8 Å². The van der Waals surface area contributed by atoms with Crippen LogP contribution < -0.4 is 19.5 Å². The third-order valence-corrected chi connectivity index (χ3v) is 6.28. The number of ether oxygens (including phenoxy) is 2. The van der Waals surface area contributed by atoms with Crippen molar-refractivity contribution in [2.75, 3.05) is 24.3 Å². The van der Waals surface area contributed by atoms with Gasteiger partial charge in [-0.3, -0.25) is 9.52 Å². The third kappa shape index (κ3) is 4.92. The van der Waals surface area contributed by atoms with Crippen LogP contribution in [0.5, 0.6) is 11.5 Å². The second-order valence-corrected chi connectivity index (χ2v) is 8.63. The molecule has 0 spiro atoms. The van der Waals surface area contributed by atoms with Gasteiger partial charge in [0.05, 0.1) is 35.5 Å². The number of sulfonamides is 1. The van der Waals surface area contributed by atoms with Crippen molar-refractivity contribution in [2.45, 2.75) is 11.8 Å². The van der Waals surface area contributed by atoms with Crippen LogP contribution in [0.1, 0.15) is 15.9 Å². The van der Waals surface area contributed by atoms with Crippen molar-refractivity contribution in [3.8, 4) is 11.5 Å². The topological polar surface area (TPSA) is 93.7 Å². The van der Waals surface area contributed by atoms with Crippen molar-refractivity contribution in [2.24, 2.45) is 0 Å². The van der Waals surface area contributed by atoms with Crippen molar-refractivity contribution in [3.05, 3.63) is 76.8 Å². The molecule has 0 aliphatic rings. The highest BCUT2D eigenvalue weighted by Crippen LogP contribution is 2.36. The van der Waals surface area contributed by atoms with E-state index in [1.807, 2.05) is 0 Å². The molecule has 0 radical (unpaired) electrons. The Morgan fingerprint density at radius 1 is 0.903 bits per heavy atom. The molecule has 1 amide bonds. The lowest BCUT2D eigenvalue weighted by atomic mass is 10.1. The summed E-state index contributed by atoms with van der Waals surface area (Å²) in [5, 5.41) is 3.10. The molecule has 0 heterocycles. The monoisotopic (exact) mass is 460 g/mol. The molecule has 3 aromatic carbocycles. The van der Waals surface area contributed by atoms with E-state index in [0.717, 1.165) is 0 Å². The molecule has 162 valence electrons. The average molecular weight is 461 g/mol. The first-order valence-electron chi connectivity index (χ1n) is 9.17. The van der Waals surface area contributed by atoms with Crippen LogP contribution in [0.2, 0.25) is 5.02 Å². The maximum Gasteiger partial charge on any atom is 0.261 e. The summed E-state index contributed by atoms with van der Waals surface area (Å²) in [6.07, 6.45) is 0. The van der Waals surface area contributed by atoms with Gasteiger partial charge in [-0.2, -0.15) is 0 Å². The second-order valence-electron chi connectivity index (χ2n) is 6.54. The molecule has 0 aromatic heterocycles. The van der Waals surface area contributed by atoms with Gasteiger partial charge in [0.25, 0.3) is 15.9 Å². The largest absolute Gasteiger partial charge is 0.495 e. The summed E-state index contributed by atoms with van der Waals surface area (Å²) < 4.78 is 38.3. The van der Waals surface area contributed by atoms with Crippen LogP contribution in [-0.4, -0.2) is 28.5 Å². The highest BCUT2D eigenvalue weighted by Gasteiger charge is 2.19. The minimum absolute atomic E-state index is 0.127. The number of rotatable bonds is 7. The zero-order chi connectivity index (χ0) is 22.6. The minimum atomic E-state index is -3.79. The minimum Gasteiger partial charge on any atom is -0.495 e. The van der Waals surface area contributed by atoms with Gasteiger partial charge in [0, 0.05) is 17.7 Å². The second kappa shape index (κ2) is 9.28. The molecule has 9 heteroatoms. The number of carbonyl (C=O) groups is 1. The first kappa shape index (κ1) is 22.5. The highest BCUT2D eigenvalue weighted by molar-refractivity contribution is 7.92. The Morgan fingerprint density at radius 3 is 2.23 bits per heavy atom. The van der Waals surface area contributed by atoms with E-state index in [4.69, 9.17) is 21.1 Å². The molecule has 0 bridgehead atoms. The van der Waals surface area contributed by atoms with Crippen molar-refractivity contribution in [3.63, 3.8) is 0 Å². The van der Waals surface area contributed by atoms with Crippen LogP contribution >= 0.6 is 11.6 Å². The summed E-state index contributed by atoms with van der Waals surface area (Å²) in [6, 6.07) is 15.9. The van der Waals surface area contributed by atoms with Gasteiger partial charge < -0.3 is 14.8 Å². The van der Waals surface area contributed by atoms with Gasteiger partial charge in [0.2, 0.25) is 0 Å². The molecular formula is C22H21ClN2O5S. The number of carbonyl (C=O) groups excluding carboxylic acids is 1. The number of anilines is 2. The van der Waals surface area contributed by atoms with E-state index in [2.05, 4.69) is 10.0 Å². The highest BCUT2D eigenvalue weighted by atomic mass is 35.5. The van der Waals surface area contributed by atoms with Crippen LogP contribution in [-0.2, 0) is 10.0 Å². The molecule has 2 N–H and O–H groups in total. The number of hydrogen-bond donors (Lipinski definition) is 2. The molecule has 3 aromatic rings. The molecule has 0 aliphatic heterocycles. The first-order valence-corrected chi connectivity index (χ1v) is 11.0. The lowest BCUT2D eigenvalue weighted by Crippen LogP contribution is -2.17. The van der Waals surface area contributed by atoms with Crippen molar-refractivity contribution in [1.29, 1.82) is 0 Å².